The zero-order chi connectivity index (χ0) is 22.8. The van der Waals surface area contributed by atoms with Crippen molar-refractivity contribution in [2.24, 2.45) is 23.7 Å². The molecule has 1 aliphatic heterocycles. The van der Waals surface area contributed by atoms with Gasteiger partial charge in [0.25, 0.3) is 0 Å². The summed E-state index contributed by atoms with van der Waals surface area (Å²) >= 11 is 0. The molecule has 1 saturated heterocycles. The molecule has 188 valence electrons. The quantitative estimate of drug-likeness (QED) is 0.475. The Morgan fingerprint density at radius 3 is 2.19 bits per heavy atom. The third kappa shape index (κ3) is 8.54. The maximum atomic E-state index is 9.21. The van der Waals surface area contributed by atoms with Gasteiger partial charge in [0.15, 0.2) is 0 Å². The first-order valence-corrected chi connectivity index (χ1v) is 13.8. The van der Waals surface area contributed by atoms with Crippen LogP contribution in [0.2, 0.25) is 0 Å². The molecular formula is C27H52N2O3. The van der Waals surface area contributed by atoms with Crippen molar-refractivity contribution in [2.45, 2.75) is 90.3 Å². The van der Waals surface area contributed by atoms with Crippen molar-refractivity contribution >= 4 is 0 Å². The highest BCUT2D eigenvalue weighted by molar-refractivity contribution is 4.84. The Labute approximate surface area is 198 Å². The summed E-state index contributed by atoms with van der Waals surface area (Å²) in [5.41, 5.74) is 0. The molecule has 0 radical (unpaired) electrons. The predicted octanol–water partition coefficient (Wildman–Crippen LogP) is 4.43. The summed E-state index contributed by atoms with van der Waals surface area (Å²) < 4.78 is 11.9. The Hall–Kier alpha value is -0.200. The Kier molecular flexibility index (Phi) is 11.8. The van der Waals surface area contributed by atoms with Gasteiger partial charge < -0.3 is 24.4 Å². The molecule has 1 N–H and O–H groups in total. The Bertz CT molecular complexity index is 495. The average molecular weight is 453 g/mol. The molecule has 0 amide bonds. The fraction of sp³-hybridized carbons (Fsp3) is 1.00. The van der Waals surface area contributed by atoms with Gasteiger partial charge in [-0.2, -0.15) is 0 Å². The number of methoxy groups -OCH3 is 1. The molecule has 4 atom stereocenters. The highest BCUT2D eigenvalue weighted by Crippen LogP contribution is 2.31. The maximum Gasteiger partial charge on any atom is 0.0701 e. The third-order valence-electron chi connectivity index (χ3n) is 8.24. The van der Waals surface area contributed by atoms with Crippen LogP contribution in [0.1, 0.15) is 78.1 Å². The van der Waals surface area contributed by atoms with Crippen molar-refractivity contribution < 1.29 is 14.6 Å². The molecule has 2 aliphatic carbocycles. The van der Waals surface area contributed by atoms with E-state index >= 15 is 0 Å². The van der Waals surface area contributed by atoms with Crippen LogP contribution in [0.3, 0.4) is 0 Å². The summed E-state index contributed by atoms with van der Waals surface area (Å²) in [5.74, 6) is 2.90. The summed E-state index contributed by atoms with van der Waals surface area (Å²) in [7, 11) is 1.91. The van der Waals surface area contributed by atoms with E-state index in [1.165, 1.54) is 103 Å². The van der Waals surface area contributed by atoms with E-state index in [0.29, 0.717) is 30.7 Å². The zero-order valence-corrected chi connectivity index (χ0v) is 21.4. The van der Waals surface area contributed by atoms with E-state index in [1.54, 1.807) is 0 Å². The van der Waals surface area contributed by atoms with Gasteiger partial charge in [0, 0.05) is 33.3 Å². The minimum Gasteiger partial charge on any atom is -0.394 e. The number of ether oxygens (including phenoxy) is 2. The Morgan fingerprint density at radius 1 is 0.875 bits per heavy atom. The molecule has 32 heavy (non-hydrogen) atoms. The number of aliphatic hydroxyl groups excluding tert-OH is 1. The van der Waals surface area contributed by atoms with E-state index in [1.807, 2.05) is 7.11 Å². The molecule has 5 heteroatoms. The lowest BCUT2D eigenvalue weighted by Gasteiger charge is -2.40. The molecule has 5 nitrogen and oxygen atoms in total. The second kappa shape index (κ2) is 14.3. The molecule has 3 rings (SSSR count). The highest BCUT2D eigenvalue weighted by Gasteiger charge is 2.31. The lowest BCUT2D eigenvalue weighted by molar-refractivity contribution is -0.0368. The summed E-state index contributed by atoms with van der Waals surface area (Å²) in [6, 6.07) is 0. The maximum absolute atomic E-state index is 9.21. The standard InChI is InChI=1S/C27H52N2O3/c1-22(2)18-29(21-25-9-5-7-11-27(25)32-17-16-30)19-23-12-14-28(15-13-23)20-24-8-4-6-10-26(24)31-3/h22-27,30H,4-21H2,1-3H3. The van der Waals surface area contributed by atoms with Gasteiger partial charge >= 0.3 is 0 Å². The summed E-state index contributed by atoms with van der Waals surface area (Å²) in [6.07, 6.45) is 13.9. The normalized spacial score (nSPS) is 30.9. The molecule has 3 aliphatic rings. The van der Waals surface area contributed by atoms with E-state index < -0.39 is 0 Å². The van der Waals surface area contributed by atoms with Gasteiger partial charge in [0.2, 0.25) is 0 Å². The summed E-state index contributed by atoms with van der Waals surface area (Å²) in [4.78, 5) is 5.49. The lowest BCUT2D eigenvalue weighted by atomic mass is 9.84. The predicted molar refractivity (Wildman–Crippen MR) is 132 cm³/mol. The van der Waals surface area contributed by atoms with Crippen LogP contribution in [0.5, 0.6) is 0 Å². The molecule has 4 unspecified atom stereocenters. The van der Waals surface area contributed by atoms with Crippen LogP contribution in [0.25, 0.3) is 0 Å². The average Bonchev–Trinajstić information content (AvgIpc) is 2.79. The number of hydrogen-bond donors (Lipinski definition) is 1. The van der Waals surface area contributed by atoms with E-state index in [9.17, 15) is 5.11 Å². The molecule has 0 aromatic heterocycles. The molecule has 2 saturated carbocycles. The van der Waals surface area contributed by atoms with Crippen molar-refractivity contribution in [3.05, 3.63) is 0 Å². The lowest BCUT2D eigenvalue weighted by Crippen LogP contribution is -2.45. The van der Waals surface area contributed by atoms with Crippen LogP contribution < -0.4 is 0 Å². The molecule has 0 spiro atoms. The summed E-state index contributed by atoms with van der Waals surface area (Å²) in [5, 5.41) is 9.21. The van der Waals surface area contributed by atoms with Crippen LogP contribution in [0.15, 0.2) is 0 Å². The van der Waals surface area contributed by atoms with E-state index in [2.05, 4.69) is 23.6 Å². The topological polar surface area (TPSA) is 45.2 Å². The van der Waals surface area contributed by atoms with Crippen molar-refractivity contribution in [3.63, 3.8) is 0 Å². The van der Waals surface area contributed by atoms with Gasteiger partial charge in [0.1, 0.15) is 0 Å². The Morgan fingerprint density at radius 2 is 1.53 bits per heavy atom. The van der Waals surface area contributed by atoms with Crippen LogP contribution >= 0.6 is 0 Å². The molecule has 1 heterocycles. The van der Waals surface area contributed by atoms with Crippen LogP contribution in [-0.2, 0) is 9.47 Å². The zero-order valence-electron chi connectivity index (χ0n) is 21.4. The van der Waals surface area contributed by atoms with Crippen LogP contribution in [0.4, 0.5) is 0 Å². The highest BCUT2D eigenvalue weighted by atomic mass is 16.5. The van der Waals surface area contributed by atoms with Gasteiger partial charge in [-0.1, -0.05) is 39.5 Å². The molecule has 0 aromatic carbocycles. The van der Waals surface area contributed by atoms with Crippen LogP contribution in [0, 0.1) is 23.7 Å². The van der Waals surface area contributed by atoms with Crippen molar-refractivity contribution in [1.29, 1.82) is 0 Å². The monoisotopic (exact) mass is 452 g/mol. The third-order valence-corrected chi connectivity index (χ3v) is 8.24. The van der Waals surface area contributed by atoms with Gasteiger partial charge in [-0.3, -0.25) is 0 Å². The van der Waals surface area contributed by atoms with Crippen LogP contribution in [-0.4, -0.2) is 86.7 Å². The first-order valence-electron chi connectivity index (χ1n) is 13.8. The van der Waals surface area contributed by atoms with E-state index in [4.69, 9.17) is 9.47 Å². The molecule has 3 fully saturated rings. The van der Waals surface area contributed by atoms with Crippen molar-refractivity contribution in [1.82, 2.24) is 9.80 Å². The number of nitrogens with zero attached hydrogens (tertiary/aromatic N) is 2. The largest absolute Gasteiger partial charge is 0.394 e. The number of rotatable bonds is 12. The van der Waals surface area contributed by atoms with Gasteiger partial charge in [-0.05, 0) is 75.3 Å². The van der Waals surface area contributed by atoms with Crippen molar-refractivity contribution in [2.75, 3.05) is 59.6 Å². The fourth-order valence-corrected chi connectivity index (χ4v) is 6.62. The minimum atomic E-state index is 0.142. The second-order valence-corrected chi connectivity index (χ2v) is 11.4. The van der Waals surface area contributed by atoms with Gasteiger partial charge in [-0.15, -0.1) is 0 Å². The minimum absolute atomic E-state index is 0.142. The number of aliphatic hydroxyl groups is 1. The smallest absolute Gasteiger partial charge is 0.0701 e. The summed E-state index contributed by atoms with van der Waals surface area (Å²) in [6.45, 7) is 12.7. The molecule has 0 bridgehead atoms. The van der Waals surface area contributed by atoms with Gasteiger partial charge in [0.05, 0.1) is 25.4 Å². The van der Waals surface area contributed by atoms with E-state index in [-0.39, 0.29) is 6.61 Å². The fourth-order valence-electron chi connectivity index (χ4n) is 6.62. The first kappa shape index (κ1) is 26.4. The van der Waals surface area contributed by atoms with E-state index in [0.717, 1.165) is 11.8 Å². The first-order chi connectivity index (χ1) is 15.6. The molecule has 0 aromatic rings. The van der Waals surface area contributed by atoms with Crippen molar-refractivity contribution in [3.8, 4) is 0 Å². The Balaban J connectivity index is 1.46. The number of piperidine rings is 1. The number of likely N-dealkylation sites (tertiary alicyclic amines) is 1. The number of hydrogen-bond acceptors (Lipinski definition) is 5. The van der Waals surface area contributed by atoms with Gasteiger partial charge in [-0.25, -0.2) is 0 Å². The SMILES string of the molecule is COC1CCCCC1CN1CCC(CN(CC(C)C)CC2CCCCC2OCCO)CC1. The molecular weight excluding hydrogens is 400 g/mol. The second-order valence-electron chi connectivity index (χ2n) is 11.4.